The molecule has 235 valence electrons. The number of benzene rings is 5. The van der Waals surface area contributed by atoms with Crippen LogP contribution < -0.4 is 4.40 Å². The predicted molar refractivity (Wildman–Crippen MR) is 193 cm³/mol. The zero-order valence-electron chi connectivity index (χ0n) is 29.4. The first kappa shape index (κ1) is 28.9. The number of rotatable bonds is 5. The summed E-state index contributed by atoms with van der Waals surface area (Å²) in [6, 6.07) is 46.3. The third-order valence-corrected chi connectivity index (χ3v) is 12.4. The Kier molecular flexibility index (Phi) is 8.50. The van der Waals surface area contributed by atoms with Gasteiger partial charge in [-0.1, -0.05) is 71.6 Å². The molecule has 8 rings (SSSR count). The Balaban J connectivity index is 0.000000182. The summed E-state index contributed by atoms with van der Waals surface area (Å²) in [5.74, 6) is 7.86. The molecule has 1 radical (unpaired) electrons. The molecule has 0 aliphatic heterocycles. The second kappa shape index (κ2) is 13.8. The van der Waals surface area contributed by atoms with Gasteiger partial charge in [-0.25, -0.2) is 0 Å². The van der Waals surface area contributed by atoms with Gasteiger partial charge in [0.25, 0.3) is 0 Å². The molecule has 0 aliphatic rings. The molecule has 0 aliphatic carbocycles. The van der Waals surface area contributed by atoms with Crippen molar-refractivity contribution >= 4 is 50.6 Å². The van der Waals surface area contributed by atoms with Gasteiger partial charge in [-0.3, -0.25) is 4.98 Å². The van der Waals surface area contributed by atoms with Gasteiger partial charge in [0.1, 0.15) is 5.58 Å². The van der Waals surface area contributed by atoms with Gasteiger partial charge < -0.3 is 8.98 Å². The molecule has 6 heteroatoms. The molecule has 0 N–H and O–H groups in total. The first-order valence-electron chi connectivity index (χ1n) is 16.9. The fourth-order valence-corrected chi connectivity index (χ4v) is 7.80. The second-order valence-corrected chi connectivity index (χ2v) is 23.0. The van der Waals surface area contributed by atoms with Crippen LogP contribution in [0.5, 0.6) is 0 Å². The zero-order chi connectivity index (χ0) is 34.2. The molecule has 47 heavy (non-hydrogen) atoms. The third kappa shape index (κ3) is 6.89. The van der Waals surface area contributed by atoms with E-state index in [0.717, 1.165) is 62.2 Å². The number of aromatic nitrogens is 3. The summed E-state index contributed by atoms with van der Waals surface area (Å²) in [6.07, 6.45) is 1.95. The van der Waals surface area contributed by atoms with E-state index in [1.54, 1.807) is 12.1 Å². The Bertz CT molecular complexity index is 2320. The maximum atomic E-state index is 7.35. The molecule has 0 bridgehead atoms. The largest absolute Gasteiger partial charge is 0.501 e. The molecular formula is C41H35GeIrN3O-2. The quantitative estimate of drug-likeness (QED) is 0.128. The monoisotopic (exact) mass is 855 g/mol. The van der Waals surface area contributed by atoms with E-state index in [1.807, 2.05) is 48.7 Å². The molecule has 0 amide bonds. The minimum Gasteiger partial charge on any atom is -0.501 e. The Morgan fingerprint density at radius 2 is 1.60 bits per heavy atom. The van der Waals surface area contributed by atoms with Gasteiger partial charge in [-0.2, -0.15) is 0 Å². The molecule has 0 unspecified atom stereocenters. The maximum absolute atomic E-state index is 7.35. The second-order valence-electron chi connectivity index (χ2n) is 12.4. The van der Waals surface area contributed by atoms with E-state index in [0.29, 0.717) is 5.56 Å². The summed E-state index contributed by atoms with van der Waals surface area (Å²) in [5.41, 5.74) is 7.88. The topological polar surface area (TPSA) is 43.9 Å². The molecule has 0 atom stereocenters. The number of nitrogens with zero attached hydrogens (tertiary/aromatic N) is 3. The van der Waals surface area contributed by atoms with Gasteiger partial charge in [-0.15, -0.1) is 18.2 Å². The summed E-state index contributed by atoms with van der Waals surface area (Å²) >= 11 is -1.83. The summed E-state index contributed by atoms with van der Waals surface area (Å²) in [5, 5.41) is 2.20. The van der Waals surface area contributed by atoms with Gasteiger partial charge >= 0.3 is 110 Å². The van der Waals surface area contributed by atoms with Crippen molar-refractivity contribution in [3.05, 3.63) is 151 Å². The van der Waals surface area contributed by atoms with Gasteiger partial charge in [0.15, 0.2) is 0 Å². The smallest absolute Gasteiger partial charge is 0.120 e. The van der Waals surface area contributed by atoms with Crippen LogP contribution in [0.2, 0.25) is 17.3 Å². The Hall–Kier alpha value is -4.29. The van der Waals surface area contributed by atoms with E-state index in [2.05, 4.69) is 99.6 Å². The number of furan rings is 1. The SMILES string of the molecule is [2H]C([2H])([2H])c1c[c-]c(-c2cc[c]([Ge]([CH3])([CH3])[CH3])cn2)cc1.[Ir].[c-]1ccc2c(oc3ccccc32)c1-c1nc2ccccc2n1Cc1ccccc1. The Morgan fingerprint density at radius 1 is 0.809 bits per heavy atom. The van der Waals surface area contributed by atoms with Crippen LogP contribution in [0.1, 0.15) is 15.2 Å². The number of imidazole rings is 1. The van der Waals surface area contributed by atoms with Crippen molar-refractivity contribution in [3.8, 4) is 22.6 Å². The molecule has 4 nitrogen and oxygen atoms in total. The number of para-hydroxylation sites is 3. The van der Waals surface area contributed by atoms with Crippen LogP contribution in [0.15, 0.2) is 132 Å². The number of hydrogen-bond acceptors (Lipinski definition) is 3. The molecule has 0 fully saturated rings. The fraction of sp³-hybridized carbons (Fsp3) is 0.122. The number of pyridine rings is 1. The van der Waals surface area contributed by atoms with E-state index in [-0.39, 0.29) is 20.1 Å². The van der Waals surface area contributed by atoms with Crippen molar-refractivity contribution in [1.82, 2.24) is 14.5 Å². The van der Waals surface area contributed by atoms with E-state index in [4.69, 9.17) is 13.5 Å². The third-order valence-electron chi connectivity index (χ3n) is 8.12. The van der Waals surface area contributed by atoms with Crippen molar-refractivity contribution in [2.24, 2.45) is 0 Å². The first-order valence-corrected chi connectivity index (χ1v) is 22.7. The van der Waals surface area contributed by atoms with Gasteiger partial charge in [-0.05, 0) is 23.8 Å². The molecule has 3 aromatic heterocycles. The van der Waals surface area contributed by atoms with Gasteiger partial charge in [0, 0.05) is 32.0 Å². The molecule has 8 aromatic rings. The molecule has 3 heterocycles. The summed E-state index contributed by atoms with van der Waals surface area (Å²) in [4.78, 5) is 9.45. The molecule has 0 saturated carbocycles. The van der Waals surface area contributed by atoms with Crippen molar-refractivity contribution in [3.63, 3.8) is 0 Å². The van der Waals surface area contributed by atoms with Crippen LogP contribution in [-0.2, 0) is 26.7 Å². The average Bonchev–Trinajstić information content (AvgIpc) is 3.67. The zero-order valence-corrected chi connectivity index (χ0v) is 30.9. The van der Waals surface area contributed by atoms with Gasteiger partial charge in [0.2, 0.25) is 0 Å². The summed E-state index contributed by atoms with van der Waals surface area (Å²) < 4.78 is 31.9. The van der Waals surface area contributed by atoms with Crippen LogP contribution in [0, 0.1) is 19.0 Å². The molecule has 5 aromatic carbocycles. The summed E-state index contributed by atoms with van der Waals surface area (Å²) in [6.45, 7) is -1.34. The molecule has 0 saturated heterocycles. The fourth-order valence-electron chi connectivity index (χ4n) is 5.63. The number of fused-ring (bicyclic) bond motifs is 4. The van der Waals surface area contributed by atoms with Crippen molar-refractivity contribution < 1.29 is 28.6 Å². The number of hydrogen-bond donors (Lipinski definition) is 0. The normalized spacial score (nSPS) is 12.5. The molecular weight excluding hydrogens is 815 g/mol. The van der Waals surface area contributed by atoms with Crippen molar-refractivity contribution in [2.45, 2.75) is 30.7 Å². The van der Waals surface area contributed by atoms with Crippen molar-refractivity contribution in [2.75, 3.05) is 0 Å². The van der Waals surface area contributed by atoms with Crippen LogP contribution in [0.3, 0.4) is 0 Å². The minimum atomic E-state index is -2.08. The minimum absolute atomic E-state index is 0. The van der Waals surface area contributed by atoms with E-state index < -0.39 is 20.1 Å². The maximum Gasteiger partial charge on any atom is 0.120 e. The van der Waals surface area contributed by atoms with E-state index in [9.17, 15) is 0 Å². The Morgan fingerprint density at radius 3 is 2.34 bits per heavy atom. The van der Waals surface area contributed by atoms with E-state index >= 15 is 0 Å². The standard InChI is InChI=1S/C26H17N2O.C15H18GeN.Ir/c1-2-9-18(10-3-1)17-28-23-15-6-5-14-22(23)27-26(28)21-13-8-12-20-19-11-4-7-16-24(19)29-25(20)21;1-12-5-7-13(8-6-12)15-10-9-14(11-17-15)16(2,3)4;/h1-12,14-16H,17H2;5-7,9-11H,1-4H3;/q2*-1;/i;1D3;. The predicted octanol–water partition coefficient (Wildman–Crippen LogP) is 9.85. The van der Waals surface area contributed by atoms with Crippen LogP contribution >= 0.6 is 0 Å². The average molecular weight is 854 g/mol. The summed E-state index contributed by atoms with van der Waals surface area (Å²) in [7, 11) is 0. The van der Waals surface area contributed by atoms with Gasteiger partial charge in [0.05, 0.1) is 22.4 Å². The van der Waals surface area contributed by atoms with Crippen LogP contribution in [-0.4, -0.2) is 27.8 Å². The molecule has 0 spiro atoms. The van der Waals surface area contributed by atoms with Crippen LogP contribution in [0.4, 0.5) is 0 Å². The van der Waals surface area contributed by atoms with Crippen LogP contribution in [0.25, 0.3) is 55.6 Å². The first-order chi connectivity index (χ1) is 23.6. The van der Waals surface area contributed by atoms with E-state index in [1.165, 1.54) is 16.0 Å². The number of aryl methyl sites for hydroxylation is 1. The Labute approximate surface area is 296 Å². The van der Waals surface area contributed by atoms with Crippen molar-refractivity contribution in [1.29, 1.82) is 0 Å².